The second kappa shape index (κ2) is 11.6. The van der Waals surface area contributed by atoms with Crippen molar-refractivity contribution in [2.75, 3.05) is 31.6 Å². The summed E-state index contributed by atoms with van der Waals surface area (Å²) in [6, 6.07) is 7.50. The zero-order valence-corrected chi connectivity index (χ0v) is 19.4. The van der Waals surface area contributed by atoms with Crippen LogP contribution in [0.5, 0.6) is 11.5 Å². The first-order valence-electron chi connectivity index (χ1n) is 10.0. The SMILES string of the molecule is CCN(CC)CCOc1ccc(NC(=O)C(C)Oc2ccc(C(F)(F)F)cc2Cl)cc1Cl. The number of alkyl halides is 3. The van der Waals surface area contributed by atoms with Crippen LogP contribution in [0.15, 0.2) is 36.4 Å². The maximum atomic E-state index is 12.7. The molecule has 0 spiro atoms. The van der Waals surface area contributed by atoms with Crippen LogP contribution < -0.4 is 14.8 Å². The van der Waals surface area contributed by atoms with Gasteiger partial charge in [0.05, 0.1) is 15.6 Å². The van der Waals surface area contributed by atoms with E-state index in [1.807, 2.05) is 0 Å². The number of ether oxygens (including phenoxy) is 2. The van der Waals surface area contributed by atoms with Crippen LogP contribution >= 0.6 is 23.2 Å². The van der Waals surface area contributed by atoms with Crippen molar-refractivity contribution < 1.29 is 27.4 Å². The second-order valence-electron chi connectivity index (χ2n) is 6.91. The number of carbonyl (C=O) groups is 1. The van der Waals surface area contributed by atoms with Crippen molar-refractivity contribution in [2.24, 2.45) is 0 Å². The van der Waals surface area contributed by atoms with Gasteiger partial charge in [0, 0.05) is 12.2 Å². The van der Waals surface area contributed by atoms with Crippen molar-refractivity contribution in [2.45, 2.75) is 33.1 Å². The van der Waals surface area contributed by atoms with E-state index in [2.05, 4.69) is 24.1 Å². The third-order valence-corrected chi connectivity index (χ3v) is 5.28. The monoisotopic (exact) mass is 492 g/mol. The predicted octanol–water partition coefficient (Wildman–Crippen LogP) is 6.14. The van der Waals surface area contributed by atoms with Gasteiger partial charge in [0.15, 0.2) is 6.10 Å². The van der Waals surface area contributed by atoms with Crippen molar-refractivity contribution in [1.82, 2.24) is 4.90 Å². The number of carbonyl (C=O) groups excluding carboxylic acids is 1. The van der Waals surface area contributed by atoms with Crippen LogP contribution in [0.2, 0.25) is 10.0 Å². The van der Waals surface area contributed by atoms with Crippen molar-refractivity contribution in [3.63, 3.8) is 0 Å². The number of amides is 1. The molecule has 0 aliphatic rings. The highest BCUT2D eigenvalue weighted by atomic mass is 35.5. The third kappa shape index (κ3) is 7.46. The Balaban J connectivity index is 1.95. The van der Waals surface area contributed by atoms with E-state index in [1.54, 1.807) is 18.2 Å². The van der Waals surface area contributed by atoms with Crippen LogP contribution in [0, 0.1) is 0 Å². The number of hydrogen-bond donors (Lipinski definition) is 1. The summed E-state index contributed by atoms with van der Waals surface area (Å²) in [5.41, 5.74) is -0.480. The van der Waals surface area contributed by atoms with Gasteiger partial charge in [-0.1, -0.05) is 37.0 Å². The number of halogens is 5. The maximum Gasteiger partial charge on any atom is 0.416 e. The van der Waals surface area contributed by atoms with Gasteiger partial charge >= 0.3 is 6.18 Å². The molecule has 2 aromatic carbocycles. The van der Waals surface area contributed by atoms with Crippen molar-refractivity contribution >= 4 is 34.8 Å². The van der Waals surface area contributed by atoms with E-state index in [9.17, 15) is 18.0 Å². The largest absolute Gasteiger partial charge is 0.491 e. The van der Waals surface area contributed by atoms with Crippen LogP contribution in [0.25, 0.3) is 0 Å². The Kier molecular flexibility index (Phi) is 9.48. The molecule has 0 saturated carbocycles. The van der Waals surface area contributed by atoms with E-state index >= 15 is 0 Å². The molecule has 0 fully saturated rings. The summed E-state index contributed by atoms with van der Waals surface area (Å²) in [6.07, 6.45) is -5.54. The van der Waals surface area contributed by atoms with Crippen molar-refractivity contribution in [3.8, 4) is 11.5 Å². The van der Waals surface area contributed by atoms with Crippen molar-refractivity contribution in [3.05, 3.63) is 52.0 Å². The van der Waals surface area contributed by atoms with Gasteiger partial charge in [-0.2, -0.15) is 13.2 Å². The Morgan fingerprint density at radius 3 is 2.25 bits per heavy atom. The van der Waals surface area contributed by atoms with Gasteiger partial charge in [-0.05, 0) is 56.4 Å². The van der Waals surface area contributed by atoms with Gasteiger partial charge < -0.3 is 19.7 Å². The highest BCUT2D eigenvalue weighted by Crippen LogP contribution is 2.35. The summed E-state index contributed by atoms with van der Waals surface area (Å²) >= 11 is 12.1. The Bertz CT molecular complexity index is 922. The molecule has 0 aromatic heterocycles. The van der Waals surface area contributed by atoms with E-state index in [0.29, 0.717) is 23.1 Å². The lowest BCUT2D eigenvalue weighted by molar-refractivity contribution is -0.137. The summed E-state index contributed by atoms with van der Waals surface area (Å²) < 4.78 is 49.4. The molecule has 2 rings (SSSR count). The van der Waals surface area contributed by atoms with E-state index in [-0.39, 0.29) is 10.8 Å². The molecule has 0 saturated heterocycles. The summed E-state index contributed by atoms with van der Waals surface area (Å²) in [4.78, 5) is 14.6. The van der Waals surface area contributed by atoms with Gasteiger partial charge in [-0.15, -0.1) is 0 Å². The fraction of sp³-hybridized carbons (Fsp3) is 0.409. The standard InChI is InChI=1S/C22H25Cl2F3N2O3/c1-4-29(5-2)10-11-31-19-9-7-16(13-18(19)24)28-21(30)14(3)32-20-8-6-15(12-17(20)23)22(25,26)27/h6-9,12-14H,4-5,10-11H2,1-3H3,(H,28,30). The minimum atomic E-state index is -4.52. The van der Waals surface area contributed by atoms with Gasteiger partial charge in [0.25, 0.3) is 5.91 Å². The summed E-state index contributed by atoms with van der Waals surface area (Å²) in [5, 5.41) is 2.74. The maximum absolute atomic E-state index is 12.7. The lowest BCUT2D eigenvalue weighted by atomic mass is 10.2. The zero-order chi connectivity index (χ0) is 23.9. The normalized spacial score (nSPS) is 12.5. The molecule has 32 heavy (non-hydrogen) atoms. The first kappa shape index (κ1) is 26.1. The molecule has 2 aromatic rings. The average molecular weight is 493 g/mol. The zero-order valence-electron chi connectivity index (χ0n) is 17.9. The Morgan fingerprint density at radius 1 is 1.06 bits per heavy atom. The molecule has 1 N–H and O–H groups in total. The van der Waals surface area contributed by atoms with Gasteiger partial charge in [-0.25, -0.2) is 0 Å². The van der Waals surface area contributed by atoms with Crippen LogP contribution in [-0.4, -0.2) is 43.2 Å². The fourth-order valence-corrected chi connectivity index (χ4v) is 3.24. The molecule has 1 amide bonds. The summed E-state index contributed by atoms with van der Waals surface area (Å²) in [7, 11) is 0. The van der Waals surface area contributed by atoms with Crippen molar-refractivity contribution in [1.29, 1.82) is 0 Å². The lowest BCUT2D eigenvalue weighted by Crippen LogP contribution is -2.30. The first-order chi connectivity index (χ1) is 15.0. The van der Waals surface area contributed by atoms with Gasteiger partial charge in [0.2, 0.25) is 0 Å². The molecule has 0 aliphatic carbocycles. The number of likely N-dealkylation sites (N-methyl/N-ethyl adjacent to an activating group) is 1. The molecule has 0 heterocycles. The molecule has 0 bridgehead atoms. The molecular formula is C22H25Cl2F3N2O3. The molecule has 176 valence electrons. The summed E-state index contributed by atoms with van der Waals surface area (Å²) in [5.74, 6) is -0.0535. The Morgan fingerprint density at radius 2 is 1.69 bits per heavy atom. The fourth-order valence-electron chi connectivity index (χ4n) is 2.78. The smallest absolute Gasteiger partial charge is 0.416 e. The van der Waals surface area contributed by atoms with Gasteiger partial charge in [0.1, 0.15) is 18.1 Å². The van der Waals surface area contributed by atoms with Crippen LogP contribution in [0.1, 0.15) is 26.3 Å². The third-order valence-electron chi connectivity index (χ3n) is 4.69. The number of nitrogens with one attached hydrogen (secondary N) is 1. The average Bonchev–Trinajstić information content (AvgIpc) is 2.73. The topological polar surface area (TPSA) is 50.8 Å². The molecule has 1 unspecified atom stereocenters. The number of hydrogen-bond acceptors (Lipinski definition) is 4. The highest BCUT2D eigenvalue weighted by Gasteiger charge is 2.31. The second-order valence-corrected chi connectivity index (χ2v) is 7.73. The highest BCUT2D eigenvalue weighted by molar-refractivity contribution is 6.32. The summed E-state index contributed by atoms with van der Waals surface area (Å²) in [6.45, 7) is 8.70. The minimum absolute atomic E-state index is 0.0303. The molecular weight excluding hydrogens is 468 g/mol. The van der Waals surface area contributed by atoms with Crippen LogP contribution in [0.3, 0.4) is 0 Å². The Labute approximate surface area is 195 Å². The van der Waals surface area contributed by atoms with Crippen LogP contribution in [-0.2, 0) is 11.0 Å². The quantitative estimate of drug-likeness (QED) is 0.432. The first-order valence-corrected chi connectivity index (χ1v) is 10.8. The predicted molar refractivity (Wildman–Crippen MR) is 120 cm³/mol. The van der Waals surface area contributed by atoms with E-state index in [0.717, 1.165) is 37.8 Å². The van der Waals surface area contributed by atoms with Crippen LogP contribution in [0.4, 0.5) is 18.9 Å². The molecule has 1 atom stereocenters. The van der Waals surface area contributed by atoms with E-state index in [1.165, 1.54) is 6.92 Å². The van der Waals surface area contributed by atoms with E-state index < -0.39 is 23.8 Å². The molecule has 5 nitrogen and oxygen atoms in total. The number of rotatable bonds is 10. The Hall–Kier alpha value is -2.16. The molecule has 0 radical (unpaired) electrons. The van der Waals surface area contributed by atoms with E-state index in [4.69, 9.17) is 32.7 Å². The number of anilines is 1. The molecule has 10 heteroatoms. The van der Waals surface area contributed by atoms with Gasteiger partial charge in [-0.3, -0.25) is 4.79 Å². The minimum Gasteiger partial charge on any atom is -0.491 e. The number of nitrogens with zero attached hydrogens (tertiary/aromatic N) is 1. The number of benzene rings is 2. The lowest BCUT2D eigenvalue weighted by Gasteiger charge is -2.19. The molecule has 0 aliphatic heterocycles.